The molecule has 1 aliphatic rings. The van der Waals surface area contributed by atoms with Gasteiger partial charge in [0.1, 0.15) is 0 Å². The van der Waals surface area contributed by atoms with E-state index in [1.165, 1.54) is 32.1 Å². The number of hydrogen-bond acceptors (Lipinski definition) is 1. The van der Waals surface area contributed by atoms with Crippen LogP contribution in [0, 0.1) is 0 Å². The first-order chi connectivity index (χ1) is 8.81. The van der Waals surface area contributed by atoms with Gasteiger partial charge in [0, 0.05) is 16.6 Å². The molecule has 0 bridgehead atoms. The zero-order valence-corrected chi connectivity index (χ0v) is 11.0. The number of aldehydes is 1. The van der Waals surface area contributed by atoms with E-state index in [9.17, 15) is 4.79 Å². The van der Waals surface area contributed by atoms with Crippen LogP contribution in [0.2, 0.25) is 5.02 Å². The van der Waals surface area contributed by atoms with Crippen LogP contribution in [0.3, 0.4) is 0 Å². The van der Waals surface area contributed by atoms with Crippen molar-refractivity contribution in [1.29, 1.82) is 0 Å². The van der Waals surface area contributed by atoms with Crippen molar-refractivity contribution < 1.29 is 4.79 Å². The standard InChI is InChI=1S/C15H16ClNO/c16-13-8-4-7-11-12(9-18)14(17-15(11)13)10-5-2-1-3-6-10/h4,7-10,17H,1-3,5-6H2. The Morgan fingerprint density at radius 1 is 1.22 bits per heavy atom. The van der Waals surface area contributed by atoms with E-state index in [-0.39, 0.29) is 0 Å². The van der Waals surface area contributed by atoms with Gasteiger partial charge in [0.05, 0.1) is 10.5 Å². The summed E-state index contributed by atoms with van der Waals surface area (Å²) in [5.41, 5.74) is 2.80. The number of H-pyrrole nitrogens is 1. The molecule has 1 saturated carbocycles. The molecule has 0 amide bonds. The second-order valence-corrected chi connectivity index (χ2v) is 5.47. The summed E-state index contributed by atoms with van der Waals surface area (Å²) in [6.07, 6.45) is 7.14. The van der Waals surface area contributed by atoms with Crippen molar-refractivity contribution in [3.05, 3.63) is 34.5 Å². The minimum atomic E-state index is 0.488. The SMILES string of the molecule is O=Cc1c(C2CCCCC2)[nH]c2c(Cl)cccc12. The average Bonchev–Trinajstić information content (AvgIpc) is 2.80. The molecule has 1 N–H and O–H groups in total. The number of fused-ring (bicyclic) bond motifs is 1. The monoisotopic (exact) mass is 261 g/mol. The molecule has 0 spiro atoms. The van der Waals surface area contributed by atoms with Crippen molar-refractivity contribution in [3.63, 3.8) is 0 Å². The minimum Gasteiger partial charge on any atom is -0.356 e. The lowest BCUT2D eigenvalue weighted by Crippen LogP contribution is -2.06. The summed E-state index contributed by atoms with van der Waals surface area (Å²) < 4.78 is 0. The number of halogens is 1. The number of carbonyl (C=O) groups is 1. The Morgan fingerprint density at radius 2 is 2.00 bits per heavy atom. The molecule has 1 aromatic heterocycles. The number of aromatic amines is 1. The predicted octanol–water partition coefficient (Wildman–Crippen LogP) is 4.68. The molecule has 94 valence electrons. The minimum absolute atomic E-state index is 0.488. The van der Waals surface area contributed by atoms with E-state index in [1.807, 2.05) is 18.2 Å². The quantitative estimate of drug-likeness (QED) is 0.782. The van der Waals surface area contributed by atoms with Gasteiger partial charge in [0.25, 0.3) is 0 Å². The van der Waals surface area contributed by atoms with E-state index in [0.717, 1.165) is 28.4 Å². The molecule has 0 aliphatic heterocycles. The van der Waals surface area contributed by atoms with Crippen molar-refractivity contribution in [2.45, 2.75) is 38.0 Å². The Labute approximate surface area is 111 Å². The van der Waals surface area contributed by atoms with Gasteiger partial charge in [-0.3, -0.25) is 4.79 Å². The Morgan fingerprint density at radius 3 is 2.72 bits per heavy atom. The molecule has 2 aromatic rings. The van der Waals surface area contributed by atoms with Crippen molar-refractivity contribution in [3.8, 4) is 0 Å². The summed E-state index contributed by atoms with van der Waals surface area (Å²) in [7, 11) is 0. The first-order valence-corrected chi connectivity index (χ1v) is 6.94. The van der Waals surface area contributed by atoms with Gasteiger partial charge in [-0.15, -0.1) is 0 Å². The Hall–Kier alpha value is -1.28. The lowest BCUT2D eigenvalue weighted by molar-refractivity contribution is 0.112. The zero-order valence-electron chi connectivity index (χ0n) is 10.2. The highest BCUT2D eigenvalue weighted by Gasteiger charge is 2.22. The Balaban J connectivity index is 2.16. The fraction of sp³-hybridized carbons (Fsp3) is 0.400. The van der Waals surface area contributed by atoms with Crippen molar-refractivity contribution >= 4 is 28.8 Å². The van der Waals surface area contributed by atoms with Gasteiger partial charge in [0.15, 0.2) is 6.29 Å². The summed E-state index contributed by atoms with van der Waals surface area (Å²) in [6, 6.07) is 5.73. The van der Waals surface area contributed by atoms with E-state index in [0.29, 0.717) is 10.9 Å². The normalized spacial score (nSPS) is 17.2. The molecule has 0 saturated heterocycles. The van der Waals surface area contributed by atoms with Crippen LogP contribution in [0.25, 0.3) is 10.9 Å². The van der Waals surface area contributed by atoms with E-state index in [2.05, 4.69) is 4.98 Å². The van der Waals surface area contributed by atoms with Crippen LogP contribution in [0.15, 0.2) is 18.2 Å². The van der Waals surface area contributed by atoms with E-state index in [4.69, 9.17) is 11.6 Å². The first kappa shape index (κ1) is 11.8. The second-order valence-electron chi connectivity index (χ2n) is 5.07. The average molecular weight is 262 g/mol. The van der Waals surface area contributed by atoms with Gasteiger partial charge < -0.3 is 4.98 Å². The largest absolute Gasteiger partial charge is 0.356 e. The number of benzene rings is 1. The highest BCUT2D eigenvalue weighted by atomic mass is 35.5. The molecule has 3 rings (SSSR count). The molecule has 0 radical (unpaired) electrons. The fourth-order valence-electron chi connectivity index (χ4n) is 3.06. The van der Waals surface area contributed by atoms with Crippen LogP contribution in [-0.2, 0) is 0 Å². The van der Waals surface area contributed by atoms with Gasteiger partial charge >= 0.3 is 0 Å². The molecule has 2 nitrogen and oxygen atoms in total. The third-order valence-corrected chi connectivity index (χ3v) is 4.30. The van der Waals surface area contributed by atoms with Crippen LogP contribution >= 0.6 is 11.6 Å². The molecule has 1 aromatic carbocycles. The molecule has 0 unspecified atom stereocenters. The molecule has 1 fully saturated rings. The van der Waals surface area contributed by atoms with Gasteiger partial charge in [-0.2, -0.15) is 0 Å². The molecular formula is C15H16ClNO. The Kier molecular flexibility index (Phi) is 3.13. The first-order valence-electron chi connectivity index (χ1n) is 6.56. The molecular weight excluding hydrogens is 246 g/mol. The number of aromatic nitrogens is 1. The summed E-state index contributed by atoms with van der Waals surface area (Å²) in [6.45, 7) is 0. The van der Waals surface area contributed by atoms with Crippen LogP contribution in [0.4, 0.5) is 0 Å². The van der Waals surface area contributed by atoms with Crippen molar-refractivity contribution in [1.82, 2.24) is 4.98 Å². The van der Waals surface area contributed by atoms with Gasteiger partial charge in [-0.05, 0) is 24.8 Å². The molecule has 3 heteroatoms. The third-order valence-electron chi connectivity index (χ3n) is 3.98. The predicted molar refractivity (Wildman–Crippen MR) is 74.5 cm³/mol. The maximum Gasteiger partial charge on any atom is 0.152 e. The number of nitrogens with one attached hydrogen (secondary N) is 1. The van der Waals surface area contributed by atoms with Gasteiger partial charge in [-0.1, -0.05) is 43.0 Å². The van der Waals surface area contributed by atoms with Gasteiger partial charge in [0.2, 0.25) is 0 Å². The van der Waals surface area contributed by atoms with Crippen LogP contribution in [-0.4, -0.2) is 11.3 Å². The van der Waals surface area contributed by atoms with E-state index in [1.54, 1.807) is 0 Å². The number of hydrogen-bond donors (Lipinski definition) is 1. The Bertz CT molecular complexity index is 581. The fourth-order valence-corrected chi connectivity index (χ4v) is 3.28. The van der Waals surface area contributed by atoms with Crippen molar-refractivity contribution in [2.75, 3.05) is 0 Å². The lowest BCUT2D eigenvalue weighted by atomic mass is 9.85. The van der Waals surface area contributed by atoms with E-state index >= 15 is 0 Å². The summed E-state index contributed by atoms with van der Waals surface area (Å²) >= 11 is 6.19. The zero-order chi connectivity index (χ0) is 12.5. The van der Waals surface area contributed by atoms with Crippen LogP contribution in [0.1, 0.15) is 54.1 Å². The molecule has 1 aliphatic carbocycles. The van der Waals surface area contributed by atoms with Crippen molar-refractivity contribution in [2.24, 2.45) is 0 Å². The molecule has 0 atom stereocenters. The van der Waals surface area contributed by atoms with Crippen LogP contribution < -0.4 is 0 Å². The number of rotatable bonds is 2. The summed E-state index contributed by atoms with van der Waals surface area (Å²) in [4.78, 5) is 14.8. The lowest BCUT2D eigenvalue weighted by Gasteiger charge is -2.21. The highest BCUT2D eigenvalue weighted by Crippen LogP contribution is 2.37. The summed E-state index contributed by atoms with van der Waals surface area (Å²) in [5.74, 6) is 0.488. The number of para-hydroxylation sites is 1. The maximum absolute atomic E-state index is 11.4. The molecule has 1 heterocycles. The number of carbonyl (C=O) groups excluding carboxylic acids is 1. The maximum atomic E-state index is 11.4. The van der Waals surface area contributed by atoms with Crippen LogP contribution in [0.5, 0.6) is 0 Å². The smallest absolute Gasteiger partial charge is 0.152 e. The van der Waals surface area contributed by atoms with E-state index < -0.39 is 0 Å². The topological polar surface area (TPSA) is 32.9 Å². The van der Waals surface area contributed by atoms with Gasteiger partial charge in [-0.25, -0.2) is 0 Å². The molecule has 18 heavy (non-hydrogen) atoms. The summed E-state index contributed by atoms with van der Waals surface area (Å²) in [5, 5.41) is 1.65. The highest BCUT2D eigenvalue weighted by molar-refractivity contribution is 6.35. The third kappa shape index (κ3) is 1.85. The second kappa shape index (κ2) is 4.77.